The highest BCUT2D eigenvalue weighted by molar-refractivity contribution is 5.87. The van der Waals surface area contributed by atoms with Crippen LogP contribution >= 0.6 is 0 Å². The number of anilines is 1. The lowest BCUT2D eigenvalue weighted by molar-refractivity contribution is -0.121. The quantitative estimate of drug-likeness (QED) is 0.578. The van der Waals surface area contributed by atoms with Gasteiger partial charge < -0.3 is 21.3 Å². The summed E-state index contributed by atoms with van der Waals surface area (Å²) < 4.78 is 0. The maximum Gasteiger partial charge on any atom is 0.222 e. The molecule has 0 bridgehead atoms. The molecule has 0 saturated carbocycles. The number of carbonyl (C=O) groups excluding carboxylic acids is 2. The smallest absolute Gasteiger partial charge is 0.222 e. The molecule has 0 radical (unpaired) electrons. The lowest BCUT2D eigenvalue weighted by atomic mass is 10.0. The number of rotatable bonds is 5. The van der Waals surface area contributed by atoms with Gasteiger partial charge >= 0.3 is 0 Å². The molecular weight excluding hydrogens is 250 g/mol. The molecule has 0 saturated heterocycles. The van der Waals surface area contributed by atoms with Crippen molar-refractivity contribution in [3.63, 3.8) is 0 Å². The number of aliphatic hydroxyl groups is 2. The molecule has 1 heterocycles. The van der Waals surface area contributed by atoms with E-state index in [0.29, 0.717) is 17.1 Å². The number of nitrogens with zero attached hydrogens (tertiary/aromatic N) is 1. The Labute approximate surface area is 110 Å². The standard InChI is InChI=1S/C12H17N3O4/c1-6-8(12(19)9(17)5-10(13)18)3-4-11(14-6)15-7(2)16/h3-4,9,12,17,19H,5H2,1-2H3,(H2,13,18)(H,14,15,16). The second kappa shape index (κ2) is 6.26. The molecule has 1 rings (SSSR count). The number of carbonyl (C=O) groups is 2. The predicted molar refractivity (Wildman–Crippen MR) is 68.1 cm³/mol. The van der Waals surface area contributed by atoms with Crippen LogP contribution in [0, 0.1) is 6.92 Å². The topological polar surface area (TPSA) is 126 Å². The van der Waals surface area contributed by atoms with Crippen molar-refractivity contribution in [2.75, 3.05) is 5.32 Å². The van der Waals surface area contributed by atoms with Crippen LogP contribution in [-0.4, -0.2) is 33.1 Å². The number of aryl methyl sites for hydroxylation is 1. The summed E-state index contributed by atoms with van der Waals surface area (Å²) in [5.74, 6) is -0.605. The van der Waals surface area contributed by atoms with Crippen molar-refractivity contribution >= 4 is 17.6 Å². The summed E-state index contributed by atoms with van der Waals surface area (Å²) in [7, 11) is 0. The number of aromatic nitrogens is 1. The highest BCUT2D eigenvalue weighted by Gasteiger charge is 2.22. The SMILES string of the molecule is CC(=O)Nc1ccc(C(O)C(O)CC(N)=O)c(C)n1. The minimum atomic E-state index is -1.29. The van der Waals surface area contributed by atoms with Crippen molar-refractivity contribution in [1.29, 1.82) is 0 Å². The molecule has 19 heavy (non-hydrogen) atoms. The molecule has 7 heteroatoms. The molecule has 7 nitrogen and oxygen atoms in total. The van der Waals surface area contributed by atoms with Crippen LogP contribution in [0.4, 0.5) is 5.82 Å². The normalized spacial score (nSPS) is 13.7. The summed E-state index contributed by atoms with van der Waals surface area (Å²) >= 11 is 0. The Bertz CT molecular complexity index is 490. The van der Waals surface area contributed by atoms with Crippen molar-refractivity contribution in [1.82, 2.24) is 4.98 Å². The van der Waals surface area contributed by atoms with Crippen molar-refractivity contribution in [3.8, 4) is 0 Å². The molecule has 0 aliphatic heterocycles. The van der Waals surface area contributed by atoms with Gasteiger partial charge in [-0.2, -0.15) is 0 Å². The average molecular weight is 267 g/mol. The molecular formula is C12H17N3O4. The van der Waals surface area contributed by atoms with Crippen LogP contribution in [0.15, 0.2) is 12.1 Å². The van der Waals surface area contributed by atoms with Crippen LogP contribution in [0.2, 0.25) is 0 Å². The third-order valence-electron chi connectivity index (χ3n) is 2.52. The van der Waals surface area contributed by atoms with E-state index in [4.69, 9.17) is 5.73 Å². The van der Waals surface area contributed by atoms with Gasteiger partial charge in [0, 0.05) is 18.2 Å². The van der Waals surface area contributed by atoms with Crippen LogP contribution < -0.4 is 11.1 Å². The van der Waals surface area contributed by atoms with E-state index in [-0.39, 0.29) is 12.3 Å². The Morgan fingerprint density at radius 3 is 2.53 bits per heavy atom. The number of amides is 2. The summed E-state index contributed by atoms with van der Waals surface area (Å²) in [4.78, 5) is 25.7. The molecule has 2 unspecified atom stereocenters. The van der Waals surface area contributed by atoms with Crippen molar-refractivity contribution in [2.45, 2.75) is 32.5 Å². The van der Waals surface area contributed by atoms with Crippen molar-refractivity contribution in [2.24, 2.45) is 5.73 Å². The van der Waals surface area contributed by atoms with Gasteiger partial charge in [0.1, 0.15) is 11.9 Å². The van der Waals surface area contributed by atoms with Gasteiger partial charge in [0.15, 0.2) is 0 Å². The van der Waals surface area contributed by atoms with Gasteiger partial charge in [0.25, 0.3) is 0 Å². The molecule has 0 aliphatic carbocycles. The summed E-state index contributed by atoms with van der Waals surface area (Å²) in [6, 6.07) is 3.03. The molecule has 2 atom stereocenters. The van der Waals surface area contributed by atoms with E-state index >= 15 is 0 Å². The summed E-state index contributed by atoms with van der Waals surface area (Å²) in [6.45, 7) is 2.98. The first-order chi connectivity index (χ1) is 8.81. The predicted octanol–water partition coefficient (Wildman–Crippen LogP) is -0.382. The Morgan fingerprint density at radius 2 is 2.05 bits per heavy atom. The van der Waals surface area contributed by atoms with E-state index in [0.717, 1.165) is 0 Å². The molecule has 0 fully saturated rings. The van der Waals surface area contributed by atoms with E-state index < -0.39 is 18.1 Å². The summed E-state index contributed by atoms with van der Waals surface area (Å²) in [6.07, 6.45) is -2.88. The second-order valence-corrected chi connectivity index (χ2v) is 4.23. The van der Waals surface area contributed by atoms with Gasteiger partial charge in [-0.3, -0.25) is 9.59 Å². The first-order valence-corrected chi connectivity index (χ1v) is 5.71. The minimum absolute atomic E-state index is 0.256. The molecule has 0 spiro atoms. The third-order valence-corrected chi connectivity index (χ3v) is 2.52. The molecule has 2 amide bonds. The fourth-order valence-corrected chi connectivity index (χ4v) is 1.66. The first-order valence-electron chi connectivity index (χ1n) is 5.71. The van der Waals surface area contributed by atoms with E-state index in [2.05, 4.69) is 10.3 Å². The zero-order chi connectivity index (χ0) is 14.6. The van der Waals surface area contributed by atoms with E-state index in [9.17, 15) is 19.8 Å². The number of aliphatic hydroxyl groups excluding tert-OH is 2. The first kappa shape index (κ1) is 15.1. The van der Waals surface area contributed by atoms with Gasteiger partial charge in [0.2, 0.25) is 11.8 Å². The largest absolute Gasteiger partial charge is 0.390 e. The molecule has 104 valence electrons. The second-order valence-electron chi connectivity index (χ2n) is 4.23. The van der Waals surface area contributed by atoms with Crippen LogP contribution in [0.5, 0.6) is 0 Å². The molecule has 5 N–H and O–H groups in total. The number of pyridine rings is 1. The summed E-state index contributed by atoms with van der Waals surface area (Å²) in [5.41, 5.74) is 5.78. The lowest BCUT2D eigenvalue weighted by Gasteiger charge is -2.18. The molecule has 0 aliphatic rings. The number of nitrogens with one attached hydrogen (secondary N) is 1. The molecule has 0 aromatic carbocycles. The zero-order valence-corrected chi connectivity index (χ0v) is 10.8. The average Bonchev–Trinajstić information content (AvgIpc) is 2.26. The highest BCUT2D eigenvalue weighted by Crippen LogP contribution is 2.22. The van der Waals surface area contributed by atoms with E-state index in [1.165, 1.54) is 19.1 Å². The maximum atomic E-state index is 10.9. The van der Waals surface area contributed by atoms with Crippen LogP contribution in [0.3, 0.4) is 0 Å². The molecule has 1 aromatic heterocycles. The Morgan fingerprint density at radius 1 is 1.42 bits per heavy atom. The number of hydrogen-bond acceptors (Lipinski definition) is 5. The highest BCUT2D eigenvalue weighted by atomic mass is 16.3. The fourth-order valence-electron chi connectivity index (χ4n) is 1.66. The van der Waals surface area contributed by atoms with Gasteiger partial charge in [-0.1, -0.05) is 6.07 Å². The number of hydrogen-bond donors (Lipinski definition) is 4. The zero-order valence-electron chi connectivity index (χ0n) is 10.8. The third kappa shape index (κ3) is 4.31. The van der Waals surface area contributed by atoms with Gasteiger partial charge in [-0.25, -0.2) is 4.98 Å². The van der Waals surface area contributed by atoms with Gasteiger partial charge in [-0.05, 0) is 13.0 Å². The van der Waals surface area contributed by atoms with E-state index in [1.807, 2.05) is 0 Å². The maximum absolute atomic E-state index is 10.9. The Kier molecular flexibility index (Phi) is 4.96. The fraction of sp³-hybridized carbons (Fsp3) is 0.417. The lowest BCUT2D eigenvalue weighted by Crippen LogP contribution is -2.26. The Balaban J connectivity index is 2.89. The van der Waals surface area contributed by atoms with Gasteiger partial charge in [0.05, 0.1) is 12.5 Å². The number of primary amides is 1. The number of nitrogens with two attached hydrogens (primary N) is 1. The molecule has 1 aromatic rings. The van der Waals surface area contributed by atoms with Crippen LogP contribution in [-0.2, 0) is 9.59 Å². The summed E-state index contributed by atoms with van der Waals surface area (Å²) in [5, 5.41) is 22.0. The van der Waals surface area contributed by atoms with Crippen LogP contribution in [0.1, 0.15) is 30.7 Å². The van der Waals surface area contributed by atoms with Crippen molar-refractivity contribution in [3.05, 3.63) is 23.4 Å². The van der Waals surface area contributed by atoms with E-state index in [1.54, 1.807) is 6.92 Å². The Hall–Kier alpha value is -1.99. The minimum Gasteiger partial charge on any atom is -0.390 e. The van der Waals surface area contributed by atoms with Crippen LogP contribution in [0.25, 0.3) is 0 Å². The van der Waals surface area contributed by atoms with Gasteiger partial charge in [-0.15, -0.1) is 0 Å². The monoisotopic (exact) mass is 267 g/mol. The van der Waals surface area contributed by atoms with Crippen molar-refractivity contribution < 1.29 is 19.8 Å².